The Kier molecular flexibility index (Phi) is 4.94. The minimum absolute atomic E-state index is 0.0393. The Balaban J connectivity index is 1.82. The number of halogens is 1. The summed E-state index contributed by atoms with van der Waals surface area (Å²) in [6, 6.07) is 3.95. The molecule has 1 atom stereocenters. The predicted molar refractivity (Wildman–Crippen MR) is 81.6 cm³/mol. The Labute approximate surface area is 116 Å². The molecule has 1 N–H and O–H groups in total. The number of alkyl halides is 2. The Hall–Kier alpha value is -0.690. The fourth-order valence-corrected chi connectivity index (χ4v) is 7.10. The van der Waals surface area contributed by atoms with Crippen LogP contribution in [-0.2, 0) is 11.2 Å². The molecule has 0 bridgehead atoms. The second kappa shape index (κ2) is 6.47. The first kappa shape index (κ1) is 13.7. The van der Waals surface area contributed by atoms with Gasteiger partial charge in [-0.25, -0.2) is 0 Å². The number of pyridine rings is 1. The van der Waals surface area contributed by atoms with Gasteiger partial charge in [0.1, 0.15) is 0 Å². The Morgan fingerprint density at radius 2 is 2.50 bits per heavy atom. The first-order valence-corrected chi connectivity index (χ1v) is 10.3. The number of carbonyl (C=O) groups excluding carboxylic acids is 1. The van der Waals surface area contributed by atoms with Gasteiger partial charge >= 0.3 is 116 Å². The predicted octanol–water partition coefficient (Wildman–Crippen LogP) is 1.70. The Morgan fingerprint density at radius 3 is 3.11 bits per heavy atom. The van der Waals surface area contributed by atoms with E-state index in [1.807, 2.05) is 25.3 Å². The minimum atomic E-state index is -1.23. The first-order chi connectivity index (χ1) is 8.65. The summed E-state index contributed by atoms with van der Waals surface area (Å²) < 4.78 is 5.62. The second-order valence-corrected chi connectivity index (χ2v) is 9.67. The van der Waals surface area contributed by atoms with Crippen LogP contribution in [-0.4, -0.2) is 38.4 Å². The van der Waals surface area contributed by atoms with Crippen LogP contribution in [0.5, 0.6) is 0 Å². The molecule has 1 aromatic heterocycles. The molecule has 0 aliphatic carbocycles. The van der Waals surface area contributed by atoms with E-state index in [2.05, 4.69) is 20.5 Å². The quantitative estimate of drug-likeness (QED) is 0.384. The molecule has 1 aliphatic rings. The van der Waals surface area contributed by atoms with Crippen LogP contribution in [0.2, 0.25) is 0 Å². The summed E-state index contributed by atoms with van der Waals surface area (Å²) in [5.41, 5.74) is 1.13. The summed E-state index contributed by atoms with van der Waals surface area (Å²) in [5, 5.41) is 0. The molecular formula is C13H20IN3O. The number of nitrogens with one attached hydrogen (secondary N) is 1. The van der Waals surface area contributed by atoms with Crippen LogP contribution in [0.1, 0.15) is 12.5 Å². The normalized spacial score (nSPS) is 19.8. The van der Waals surface area contributed by atoms with Gasteiger partial charge in [-0.3, -0.25) is 0 Å². The molecule has 1 saturated heterocycles. The molecule has 0 radical (unpaired) electrons. The summed E-state index contributed by atoms with van der Waals surface area (Å²) >= 11 is -1.23. The molecule has 0 aromatic carbocycles. The zero-order valence-corrected chi connectivity index (χ0v) is 13.1. The van der Waals surface area contributed by atoms with Crippen molar-refractivity contribution in [1.82, 2.24) is 13.4 Å². The SMILES string of the molecule is CC(Cc1cccnc1)C(=O)NI1CCN(C)C1. The van der Waals surface area contributed by atoms with Gasteiger partial charge in [-0.2, -0.15) is 0 Å². The van der Waals surface area contributed by atoms with Crippen molar-refractivity contribution in [2.75, 3.05) is 22.6 Å². The zero-order valence-electron chi connectivity index (χ0n) is 10.9. The van der Waals surface area contributed by atoms with E-state index in [-0.39, 0.29) is 11.8 Å². The van der Waals surface area contributed by atoms with Crippen molar-refractivity contribution in [1.29, 1.82) is 0 Å². The van der Waals surface area contributed by atoms with E-state index in [0.717, 1.165) is 23.1 Å². The number of nitrogens with zero attached hydrogens (tertiary/aromatic N) is 2. The molecular weight excluding hydrogens is 341 g/mol. The molecule has 1 amide bonds. The standard InChI is InChI=1S/C13H20IN3O/c1-11(8-12-4-3-6-15-9-12)13(18)16-14-5-7-17(2)10-14/h3-4,6,9,11H,5,7-8,10H2,1-2H3,(H,16,18). The van der Waals surface area contributed by atoms with Crippen molar-refractivity contribution in [2.45, 2.75) is 13.3 Å². The fourth-order valence-electron chi connectivity index (χ4n) is 1.88. The van der Waals surface area contributed by atoms with Crippen LogP contribution < -0.4 is 3.53 Å². The number of amides is 1. The Bertz CT molecular complexity index is 398. The van der Waals surface area contributed by atoms with Crippen molar-refractivity contribution >= 4 is 26.0 Å². The third-order valence-electron chi connectivity index (χ3n) is 2.98. The molecule has 2 heterocycles. The van der Waals surface area contributed by atoms with Gasteiger partial charge < -0.3 is 0 Å². The number of carbonyl (C=O) groups is 1. The third kappa shape index (κ3) is 3.91. The summed E-state index contributed by atoms with van der Waals surface area (Å²) in [6.07, 6.45) is 4.38. The number of hydrogen-bond acceptors (Lipinski definition) is 3. The van der Waals surface area contributed by atoms with Crippen molar-refractivity contribution < 1.29 is 4.79 Å². The second-order valence-electron chi connectivity index (χ2n) is 4.77. The van der Waals surface area contributed by atoms with Crippen LogP contribution >= 0.6 is 20.1 Å². The summed E-state index contributed by atoms with van der Waals surface area (Å²) in [5.74, 6) is 0.261. The first-order valence-electron chi connectivity index (χ1n) is 6.15. The van der Waals surface area contributed by atoms with Gasteiger partial charge in [0.05, 0.1) is 0 Å². The van der Waals surface area contributed by atoms with E-state index in [4.69, 9.17) is 0 Å². The Morgan fingerprint density at radius 1 is 1.67 bits per heavy atom. The molecule has 0 saturated carbocycles. The maximum atomic E-state index is 12.1. The van der Waals surface area contributed by atoms with Crippen LogP contribution in [0.25, 0.3) is 0 Å². The van der Waals surface area contributed by atoms with E-state index < -0.39 is 20.1 Å². The van der Waals surface area contributed by atoms with E-state index in [9.17, 15) is 4.79 Å². The van der Waals surface area contributed by atoms with Crippen molar-refractivity contribution in [2.24, 2.45) is 5.92 Å². The average molecular weight is 361 g/mol. The van der Waals surface area contributed by atoms with Crippen molar-refractivity contribution in [3.05, 3.63) is 30.1 Å². The van der Waals surface area contributed by atoms with E-state index in [1.165, 1.54) is 4.43 Å². The fraction of sp³-hybridized carbons (Fsp3) is 0.538. The van der Waals surface area contributed by atoms with Gasteiger partial charge in [0, 0.05) is 0 Å². The molecule has 5 heteroatoms. The van der Waals surface area contributed by atoms with Gasteiger partial charge in [0.15, 0.2) is 0 Å². The number of hydrogen-bond donors (Lipinski definition) is 1. The van der Waals surface area contributed by atoms with Gasteiger partial charge in [0.2, 0.25) is 0 Å². The van der Waals surface area contributed by atoms with E-state index in [1.54, 1.807) is 6.20 Å². The van der Waals surface area contributed by atoms with Crippen LogP contribution in [0.3, 0.4) is 0 Å². The summed E-state index contributed by atoms with van der Waals surface area (Å²) in [6.45, 7) is 3.14. The molecule has 1 aromatic rings. The molecule has 1 unspecified atom stereocenters. The van der Waals surface area contributed by atoms with Crippen molar-refractivity contribution in [3.8, 4) is 0 Å². The maximum absolute atomic E-state index is 12.1. The summed E-state index contributed by atoms with van der Waals surface area (Å²) in [4.78, 5) is 18.5. The molecule has 18 heavy (non-hydrogen) atoms. The topological polar surface area (TPSA) is 45.2 Å². The van der Waals surface area contributed by atoms with Gasteiger partial charge in [-0.15, -0.1) is 0 Å². The van der Waals surface area contributed by atoms with Gasteiger partial charge in [0.25, 0.3) is 0 Å². The zero-order chi connectivity index (χ0) is 13.0. The van der Waals surface area contributed by atoms with Crippen LogP contribution in [0.15, 0.2) is 24.5 Å². The monoisotopic (exact) mass is 361 g/mol. The molecule has 4 nitrogen and oxygen atoms in total. The summed E-state index contributed by atoms with van der Waals surface area (Å²) in [7, 11) is 2.13. The number of rotatable bonds is 4. The molecule has 100 valence electrons. The number of aromatic nitrogens is 1. The molecule has 2 rings (SSSR count). The van der Waals surface area contributed by atoms with Gasteiger partial charge in [-0.1, -0.05) is 0 Å². The van der Waals surface area contributed by atoms with E-state index >= 15 is 0 Å². The molecule has 1 aliphatic heterocycles. The van der Waals surface area contributed by atoms with Gasteiger partial charge in [-0.05, 0) is 0 Å². The average Bonchev–Trinajstić information content (AvgIpc) is 2.76. The van der Waals surface area contributed by atoms with E-state index in [0.29, 0.717) is 0 Å². The van der Waals surface area contributed by atoms with Crippen LogP contribution in [0, 0.1) is 5.92 Å². The third-order valence-corrected chi connectivity index (χ3v) is 8.05. The van der Waals surface area contributed by atoms with Crippen molar-refractivity contribution in [3.63, 3.8) is 0 Å². The molecule has 1 fully saturated rings. The molecule has 0 spiro atoms. The van der Waals surface area contributed by atoms with Crippen LogP contribution in [0.4, 0.5) is 0 Å².